The Morgan fingerprint density at radius 1 is 1.16 bits per heavy atom. The number of anilines is 1. The Morgan fingerprint density at radius 3 is 2.56 bits per heavy atom. The molecule has 0 aliphatic rings. The van der Waals surface area contributed by atoms with Gasteiger partial charge in [-0.25, -0.2) is 26.9 Å². The van der Waals surface area contributed by atoms with E-state index >= 15 is 0 Å². The second kappa shape index (κ2) is 6.07. The summed E-state index contributed by atoms with van der Waals surface area (Å²) in [4.78, 5) is 3.53. The van der Waals surface area contributed by atoms with Crippen LogP contribution in [0.3, 0.4) is 0 Å². The van der Waals surface area contributed by atoms with E-state index in [4.69, 9.17) is 0 Å². The summed E-state index contributed by atoms with van der Waals surface area (Å²) in [5.41, 5.74) is 0.834. The van der Waals surface area contributed by atoms with Gasteiger partial charge in [-0.2, -0.15) is 5.10 Å². The molecule has 0 saturated carbocycles. The van der Waals surface area contributed by atoms with Crippen molar-refractivity contribution in [2.45, 2.75) is 24.8 Å². The van der Waals surface area contributed by atoms with Gasteiger partial charge in [0.25, 0.3) is 10.0 Å². The topological polar surface area (TPSA) is 68.1 Å². The van der Waals surface area contributed by atoms with E-state index in [0.717, 1.165) is 16.4 Å². The standard InChI is InChI=1S/C16H16F2N4O2S/c1-10(2)22-16-11(8-20-22)6-13(9-19-16)21(3)25(23,24)15-7-12(17)4-5-14(15)18/h4-10H,1-3H3. The van der Waals surface area contributed by atoms with Crippen LogP contribution in [0.4, 0.5) is 14.5 Å². The highest BCUT2D eigenvalue weighted by molar-refractivity contribution is 7.92. The lowest BCUT2D eigenvalue weighted by Crippen LogP contribution is -2.27. The van der Waals surface area contributed by atoms with Crippen molar-refractivity contribution in [3.05, 3.63) is 48.3 Å². The molecule has 1 aromatic carbocycles. The molecule has 6 nitrogen and oxygen atoms in total. The molecular weight excluding hydrogens is 350 g/mol. The number of sulfonamides is 1. The fraction of sp³-hybridized carbons (Fsp3) is 0.250. The Morgan fingerprint density at radius 2 is 1.88 bits per heavy atom. The average Bonchev–Trinajstić information content (AvgIpc) is 2.99. The van der Waals surface area contributed by atoms with Crippen LogP contribution in [0.5, 0.6) is 0 Å². The predicted octanol–water partition coefficient (Wildman–Crippen LogP) is 3.12. The number of aromatic nitrogens is 3. The highest BCUT2D eigenvalue weighted by Crippen LogP contribution is 2.27. The van der Waals surface area contributed by atoms with Crippen molar-refractivity contribution in [3.8, 4) is 0 Å². The SMILES string of the molecule is CC(C)n1ncc2cc(N(C)S(=O)(=O)c3cc(F)ccc3F)cnc21. The summed E-state index contributed by atoms with van der Waals surface area (Å²) in [6.07, 6.45) is 2.94. The van der Waals surface area contributed by atoms with Crippen molar-refractivity contribution in [2.24, 2.45) is 0 Å². The molecule has 0 atom stereocenters. The number of pyridine rings is 1. The smallest absolute Gasteiger partial charge is 0.267 e. The van der Waals surface area contributed by atoms with Gasteiger partial charge in [-0.3, -0.25) is 4.31 Å². The van der Waals surface area contributed by atoms with Crippen LogP contribution in [0.15, 0.2) is 41.6 Å². The molecule has 3 rings (SSSR count). The van der Waals surface area contributed by atoms with E-state index in [9.17, 15) is 17.2 Å². The van der Waals surface area contributed by atoms with E-state index in [1.807, 2.05) is 13.8 Å². The van der Waals surface area contributed by atoms with Crippen LogP contribution in [-0.4, -0.2) is 30.2 Å². The van der Waals surface area contributed by atoms with Crippen LogP contribution in [0.1, 0.15) is 19.9 Å². The third-order valence-electron chi connectivity index (χ3n) is 3.80. The van der Waals surface area contributed by atoms with Gasteiger partial charge < -0.3 is 0 Å². The molecule has 0 spiro atoms. The zero-order chi connectivity index (χ0) is 18.4. The van der Waals surface area contributed by atoms with E-state index < -0.39 is 26.6 Å². The highest BCUT2D eigenvalue weighted by Gasteiger charge is 2.26. The van der Waals surface area contributed by atoms with Gasteiger partial charge in [0.1, 0.15) is 16.5 Å². The predicted molar refractivity (Wildman–Crippen MR) is 89.9 cm³/mol. The van der Waals surface area contributed by atoms with Gasteiger partial charge in [0.2, 0.25) is 0 Å². The number of halogens is 2. The molecule has 2 aromatic heterocycles. The monoisotopic (exact) mass is 366 g/mol. The number of hydrogen-bond acceptors (Lipinski definition) is 4. The molecule has 9 heteroatoms. The van der Waals surface area contributed by atoms with Crippen LogP contribution in [-0.2, 0) is 10.0 Å². The minimum absolute atomic E-state index is 0.0960. The summed E-state index contributed by atoms with van der Waals surface area (Å²) >= 11 is 0. The fourth-order valence-corrected chi connectivity index (χ4v) is 3.69. The molecule has 0 N–H and O–H groups in total. The van der Waals surface area contributed by atoms with Gasteiger partial charge in [-0.15, -0.1) is 0 Å². The number of rotatable bonds is 4. The highest BCUT2D eigenvalue weighted by atomic mass is 32.2. The van der Waals surface area contributed by atoms with Crippen molar-refractivity contribution >= 4 is 26.7 Å². The molecule has 3 aromatic rings. The first kappa shape index (κ1) is 17.3. The molecule has 132 valence electrons. The number of nitrogens with zero attached hydrogens (tertiary/aromatic N) is 4. The molecule has 0 unspecified atom stereocenters. The number of hydrogen-bond donors (Lipinski definition) is 0. The molecule has 0 aliphatic carbocycles. The lowest BCUT2D eigenvalue weighted by atomic mass is 10.3. The Hall–Kier alpha value is -2.55. The van der Waals surface area contributed by atoms with Gasteiger partial charge >= 0.3 is 0 Å². The molecule has 0 fully saturated rings. The molecule has 0 saturated heterocycles. The first-order valence-electron chi connectivity index (χ1n) is 7.49. The van der Waals surface area contributed by atoms with Gasteiger partial charge in [0, 0.05) is 18.5 Å². The summed E-state index contributed by atoms with van der Waals surface area (Å²) in [5.74, 6) is -1.85. The molecule has 2 heterocycles. The first-order chi connectivity index (χ1) is 11.7. The lowest BCUT2D eigenvalue weighted by molar-refractivity contribution is 0.546. The van der Waals surface area contributed by atoms with E-state index in [0.29, 0.717) is 17.1 Å². The third kappa shape index (κ3) is 2.95. The normalized spacial score (nSPS) is 12.1. The zero-order valence-electron chi connectivity index (χ0n) is 13.8. The van der Waals surface area contributed by atoms with Crippen molar-refractivity contribution in [2.75, 3.05) is 11.4 Å². The summed E-state index contributed by atoms with van der Waals surface area (Å²) in [5, 5.41) is 4.86. The van der Waals surface area contributed by atoms with Crippen LogP contribution in [0.25, 0.3) is 11.0 Å². The van der Waals surface area contributed by atoms with Crippen LogP contribution in [0, 0.1) is 11.6 Å². The van der Waals surface area contributed by atoms with E-state index in [1.54, 1.807) is 16.9 Å². The summed E-state index contributed by atoms with van der Waals surface area (Å²) in [6, 6.07) is 3.98. The third-order valence-corrected chi connectivity index (χ3v) is 5.60. The minimum atomic E-state index is -4.27. The number of fused-ring (bicyclic) bond motifs is 1. The summed E-state index contributed by atoms with van der Waals surface area (Å²) in [7, 11) is -3.01. The summed E-state index contributed by atoms with van der Waals surface area (Å²) < 4.78 is 55.1. The second-order valence-corrected chi connectivity index (χ2v) is 7.77. The largest absolute Gasteiger partial charge is 0.268 e. The fourth-order valence-electron chi connectivity index (χ4n) is 2.44. The Balaban J connectivity index is 2.06. The Labute approximate surface area is 143 Å². The van der Waals surface area contributed by atoms with Crippen molar-refractivity contribution < 1.29 is 17.2 Å². The number of benzene rings is 1. The van der Waals surface area contributed by atoms with E-state index in [2.05, 4.69) is 10.1 Å². The van der Waals surface area contributed by atoms with Crippen molar-refractivity contribution in [1.82, 2.24) is 14.8 Å². The maximum Gasteiger partial charge on any atom is 0.267 e. The van der Waals surface area contributed by atoms with E-state index in [-0.39, 0.29) is 11.7 Å². The maximum atomic E-state index is 13.9. The van der Waals surface area contributed by atoms with Gasteiger partial charge in [0.15, 0.2) is 5.65 Å². The minimum Gasteiger partial charge on any atom is -0.268 e. The molecule has 0 aliphatic heterocycles. The quantitative estimate of drug-likeness (QED) is 0.711. The second-order valence-electron chi connectivity index (χ2n) is 5.84. The molecule has 0 amide bonds. The average molecular weight is 366 g/mol. The van der Waals surface area contributed by atoms with Gasteiger partial charge in [-0.1, -0.05) is 0 Å². The van der Waals surface area contributed by atoms with Crippen LogP contribution >= 0.6 is 0 Å². The lowest BCUT2D eigenvalue weighted by Gasteiger charge is -2.19. The van der Waals surface area contributed by atoms with Crippen LogP contribution < -0.4 is 4.31 Å². The van der Waals surface area contributed by atoms with Crippen molar-refractivity contribution in [1.29, 1.82) is 0 Å². The van der Waals surface area contributed by atoms with Gasteiger partial charge in [0.05, 0.1) is 18.1 Å². The van der Waals surface area contributed by atoms with Gasteiger partial charge in [-0.05, 0) is 38.1 Å². The maximum absolute atomic E-state index is 13.9. The zero-order valence-corrected chi connectivity index (χ0v) is 14.6. The molecule has 25 heavy (non-hydrogen) atoms. The summed E-state index contributed by atoms with van der Waals surface area (Å²) in [6.45, 7) is 3.90. The van der Waals surface area contributed by atoms with Crippen LogP contribution in [0.2, 0.25) is 0 Å². The Bertz CT molecular complexity index is 1050. The molecule has 0 bridgehead atoms. The molecule has 0 radical (unpaired) electrons. The van der Waals surface area contributed by atoms with Crippen molar-refractivity contribution in [3.63, 3.8) is 0 Å². The molecular formula is C16H16F2N4O2S. The van der Waals surface area contributed by atoms with E-state index in [1.165, 1.54) is 13.2 Å². The Kier molecular flexibility index (Phi) is 4.19. The first-order valence-corrected chi connectivity index (χ1v) is 8.93.